The highest BCUT2D eigenvalue weighted by atomic mass is 32.2. The third-order valence-electron chi connectivity index (χ3n) is 5.54. The van der Waals surface area contributed by atoms with Crippen LogP contribution >= 0.6 is 0 Å². The second-order valence-electron chi connectivity index (χ2n) is 7.55. The lowest BCUT2D eigenvalue weighted by atomic mass is 10.1. The zero-order valence-corrected chi connectivity index (χ0v) is 19.2. The Balaban J connectivity index is 1.79. The largest absolute Gasteiger partial charge is 0.481 e. The van der Waals surface area contributed by atoms with E-state index in [0.717, 1.165) is 16.1 Å². The number of aromatic nitrogens is 1. The highest BCUT2D eigenvalue weighted by Crippen LogP contribution is 2.31. The van der Waals surface area contributed by atoms with E-state index < -0.39 is 38.3 Å². The van der Waals surface area contributed by atoms with Crippen LogP contribution in [0.15, 0.2) is 52.3 Å². The quantitative estimate of drug-likeness (QED) is 0.554. The summed E-state index contributed by atoms with van der Waals surface area (Å²) in [4.78, 5) is 11.1. The molecule has 33 heavy (non-hydrogen) atoms. The normalized spacial score (nSPS) is 15.7. The van der Waals surface area contributed by atoms with E-state index in [1.54, 1.807) is 0 Å². The van der Waals surface area contributed by atoms with Crippen molar-refractivity contribution in [3.63, 3.8) is 0 Å². The molecule has 1 aliphatic heterocycles. The zero-order chi connectivity index (χ0) is 24.0. The molecule has 1 aliphatic rings. The number of halogens is 1. The third kappa shape index (κ3) is 4.14. The number of sulfonamides is 1. The van der Waals surface area contributed by atoms with Crippen molar-refractivity contribution in [3.8, 4) is 0 Å². The van der Waals surface area contributed by atoms with Crippen LogP contribution in [0.1, 0.15) is 11.3 Å². The molecule has 0 unspecified atom stereocenters. The molecular weight excluding hydrogens is 475 g/mol. The predicted molar refractivity (Wildman–Crippen MR) is 117 cm³/mol. The van der Waals surface area contributed by atoms with Crippen molar-refractivity contribution >= 4 is 36.9 Å². The van der Waals surface area contributed by atoms with Crippen molar-refractivity contribution in [2.24, 2.45) is 0 Å². The first-order chi connectivity index (χ1) is 15.5. The van der Waals surface area contributed by atoms with Crippen LogP contribution in [0.5, 0.6) is 0 Å². The monoisotopic (exact) mass is 496 g/mol. The topological polar surface area (TPSA) is 123 Å². The van der Waals surface area contributed by atoms with Gasteiger partial charge >= 0.3 is 5.97 Å². The number of aliphatic carboxylic acids is 1. The molecule has 9 nitrogen and oxygen atoms in total. The van der Waals surface area contributed by atoms with Crippen LogP contribution in [0.2, 0.25) is 0 Å². The van der Waals surface area contributed by atoms with Crippen molar-refractivity contribution in [2.45, 2.75) is 23.1 Å². The summed E-state index contributed by atoms with van der Waals surface area (Å²) in [5.41, 5.74) is 0.463. The summed E-state index contributed by atoms with van der Waals surface area (Å²) < 4.78 is 73.8. The summed E-state index contributed by atoms with van der Waals surface area (Å²) in [6.45, 7) is 2.43. The van der Waals surface area contributed by atoms with Crippen molar-refractivity contribution in [3.05, 3.63) is 59.5 Å². The number of carbonyl (C=O) groups is 1. The van der Waals surface area contributed by atoms with Crippen molar-refractivity contribution in [1.82, 2.24) is 8.28 Å². The maximum absolute atomic E-state index is 13.8. The highest BCUT2D eigenvalue weighted by Gasteiger charge is 2.29. The Kier molecular flexibility index (Phi) is 6.03. The van der Waals surface area contributed by atoms with Crippen LogP contribution in [-0.2, 0) is 36.0 Å². The van der Waals surface area contributed by atoms with E-state index in [4.69, 9.17) is 4.74 Å². The predicted octanol–water partition coefficient (Wildman–Crippen LogP) is 1.97. The van der Waals surface area contributed by atoms with Gasteiger partial charge in [0.25, 0.3) is 10.0 Å². The van der Waals surface area contributed by atoms with E-state index in [1.807, 2.05) is 0 Å². The van der Waals surface area contributed by atoms with Gasteiger partial charge in [-0.3, -0.25) is 4.79 Å². The molecule has 1 N–H and O–H groups in total. The molecule has 3 aromatic rings. The Morgan fingerprint density at radius 2 is 1.58 bits per heavy atom. The van der Waals surface area contributed by atoms with Crippen molar-refractivity contribution < 1.29 is 35.9 Å². The molecular formula is C21H21FN2O7S2. The fraction of sp³-hybridized carbons (Fsp3) is 0.286. The molecule has 0 atom stereocenters. The lowest BCUT2D eigenvalue weighted by Gasteiger charge is -2.26. The number of hydrogen-bond acceptors (Lipinski definition) is 6. The van der Waals surface area contributed by atoms with Crippen LogP contribution in [0, 0.1) is 12.7 Å². The Morgan fingerprint density at radius 3 is 2.15 bits per heavy atom. The van der Waals surface area contributed by atoms with Crippen LogP contribution in [0.4, 0.5) is 4.39 Å². The summed E-state index contributed by atoms with van der Waals surface area (Å²) in [6.07, 6.45) is -0.481. The first kappa shape index (κ1) is 23.4. The van der Waals surface area contributed by atoms with Gasteiger partial charge in [-0.1, -0.05) is 0 Å². The second-order valence-corrected chi connectivity index (χ2v) is 11.3. The van der Waals surface area contributed by atoms with Gasteiger partial charge in [-0.05, 0) is 55.0 Å². The molecule has 1 fully saturated rings. The van der Waals surface area contributed by atoms with Crippen molar-refractivity contribution in [1.29, 1.82) is 0 Å². The van der Waals surface area contributed by atoms with Gasteiger partial charge in [0, 0.05) is 24.2 Å². The molecule has 12 heteroatoms. The lowest BCUT2D eigenvalue weighted by Crippen LogP contribution is -2.40. The maximum atomic E-state index is 13.8. The number of carboxylic acids is 1. The first-order valence-corrected chi connectivity index (χ1v) is 12.9. The standard InChI is InChI=1S/C21H21FN2O7S2/c1-14-18(13-21(25)26)19-12-15(22)2-7-20(19)24(14)33(29,30)17-5-3-16(4-6-17)32(27,28)23-8-10-31-11-9-23/h2-7,12H,8-11,13H2,1H3,(H,25,26). The number of nitrogens with zero attached hydrogens (tertiary/aromatic N) is 2. The minimum Gasteiger partial charge on any atom is -0.481 e. The van der Waals surface area contributed by atoms with Gasteiger partial charge in [-0.25, -0.2) is 25.2 Å². The Hall–Kier alpha value is -2.80. The van der Waals surface area contributed by atoms with Crippen LogP contribution in [-0.4, -0.2) is 62.5 Å². The molecule has 0 saturated carbocycles. The van der Waals surface area contributed by atoms with Gasteiger partial charge in [0.1, 0.15) is 5.82 Å². The van der Waals surface area contributed by atoms with Gasteiger partial charge < -0.3 is 9.84 Å². The molecule has 0 amide bonds. The van der Waals surface area contributed by atoms with Crippen molar-refractivity contribution in [2.75, 3.05) is 26.3 Å². The average molecular weight is 497 g/mol. The van der Waals surface area contributed by atoms with Gasteiger partial charge in [0.2, 0.25) is 10.0 Å². The molecule has 0 bridgehead atoms. The van der Waals surface area contributed by atoms with Crippen LogP contribution in [0.25, 0.3) is 10.9 Å². The summed E-state index contributed by atoms with van der Waals surface area (Å²) in [5.74, 6) is -1.81. The minimum atomic E-state index is -4.24. The molecule has 0 spiro atoms. The highest BCUT2D eigenvalue weighted by molar-refractivity contribution is 7.90. The number of hydrogen-bond donors (Lipinski definition) is 1. The van der Waals surface area contributed by atoms with Gasteiger partial charge in [-0.15, -0.1) is 0 Å². The molecule has 0 radical (unpaired) electrons. The fourth-order valence-corrected chi connectivity index (χ4v) is 6.92. The Labute approximate surface area is 190 Å². The smallest absolute Gasteiger partial charge is 0.307 e. The molecule has 2 heterocycles. The number of ether oxygens (including phenoxy) is 1. The average Bonchev–Trinajstić information content (AvgIpc) is 3.05. The first-order valence-electron chi connectivity index (χ1n) is 9.98. The number of carboxylic acid groups (broad SMARTS) is 1. The fourth-order valence-electron chi connectivity index (χ4n) is 3.93. The summed E-state index contributed by atoms with van der Waals surface area (Å²) in [5, 5.41) is 9.43. The van der Waals surface area contributed by atoms with E-state index in [0.29, 0.717) is 0 Å². The molecule has 176 valence electrons. The zero-order valence-electron chi connectivity index (χ0n) is 17.6. The van der Waals surface area contributed by atoms with E-state index in [1.165, 1.54) is 41.6 Å². The summed E-state index contributed by atoms with van der Waals surface area (Å²) in [6, 6.07) is 8.29. The Morgan fingerprint density at radius 1 is 1.00 bits per heavy atom. The maximum Gasteiger partial charge on any atom is 0.307 e. The number of morpholine rings is 1. The number of fused-ring (bicyclic) bond motifs is 1. The van der Waals surface area contributed by atoms with Gasteiger partial charge in [0.15, 0.2) is 0 Å². The van der Waals surface area contributed by atoms with Gasteiger partial charge in [-0.2, -0.15) is 4.31 Å². The summed E-state index contributed by atoms with van der Waals surface area (Å²) >= 11 is 0. The van der Waals surface area contributed by atoms with Crippen LogP contribution < -0.4 is 0 Å². The number of rotatable bonds is 6. The lowest BCUT2D eigenvalue weighted by molar-refractivity contribution is -0.136. The van der Waals surface area contributed by atoms with Gasteiger partial charge in [0.05, 0.1) is 34.9 Å². The summed E-state index contributed by atoms with van der Waals surface area (Å²) in [7, 11) is -8.04. The van der Waals surface area contributed by atoms with Crippen LogP contribution in [0.3, 0.4) is 0 Å². The molecule has 0 aliphatic carbocycles. The molecule has 2 aromatic carbocycles. The second kappa shape index (κ2) is 8.52. The van der Waals surface area contributed by atoms with E-state index in [9.17, 15) is 31.1 Å². The molecule has 1 aromatic heterocycles. The Bertz CT molecular complexity index is 1440. The molecule has 1 saturated heterocycles. The molecule has 4 rings (SSSR count). The minimum absolute atomic E-state index is 0.0499. The number of benzene rings is 2. The SMILES string of the molecule is Cc1c(CC(=O)O)c2cc(F)ccc2n1S(=O)(=O)c1ccc(S(=O)(=O)N2CCOCC2)cc1. The van der Waals surface area contributed by atoms with E-state index in [2.05, 4.69) is 0 Å². The van der Waals surface area contributed by atoms with E-state index >= 15 is 0 Å². The van der Waals surface area contributed by atoms with E-state index in [-0.39, 0.29) is 58.3 Å². The third-order valence-corrected chi connectivity index (χ3v) is 9.27.